The summed E-state index contributed by atoms with van der Waals surface area (Å²) < 4.78 is 0. The fourth-order valence-electron chi connectivity index (χ4n) is 1.89. The van der Waals surface area contributed by atoms with E-state index in [1.807, 2.05) is 18.2 Å². The van der Waals surface area contributed by atoms with E-state index >= 15 is 0 Å². The van der Waals surface area contributed by atoms with E-state index in [1.165, 1.54) is 25.7 Å². The molecule has 1 aromatic carbocycles. The highest BCUT2D eigenvalue weighted by atomic mass is 15.1. The molecule has 0 heterocycles. The van der Waals surface area contributed by atoms with E-state index in [0.29, 0.717) is 0 Å². The fourth-order valence-corrected chi connectivity index (χ4v) is 1.89. The van der Waals surface area contributed by atoms with Crippen LogP contribution in [0.2, 0.25) is 0 Å². The molecule has 96 valence electrons. The van der Waals surface area contributed by atoms with E-state index in [1.54, 1.807) is 0 Å². The van der Waals surface area contributed by atoms with Crippen LogP contribution < -0.4 is 16.4 Å². The molecule has 0 aliphatic carbocycles. The molecule has 1 rings (SSSR count). The summed E-state index contributed by atoms with van der Waals surface area (Å²) >= 11 is 0. The van der Waals surface area contributed by atoms with Crippen LogP contribution in [0, 0.1) is 0 Å². The Kier molecular flexibility index (Phi) is 5.67. The average Bonchev–Trinajstić information content (AvgIpc) is 2.33. The van der Waals surface area contributed by atoms with Crippen molar-refractivity contribution in [3.8, 4) is 0 Å². The monoisotopic (exact) mass is 235 g/mol. The fraction of sp³-hybridized carbons (Fsp3) is 0.571. The molecular weight excluding hydrogens is 210 g/mol. The number of anilines is 3. The van der Waals surface area contributed by atoms with Crippen molar-refractivity contribution in [1.29, 1.82) is 0 Å². The molecular formula is C14H25N3. The molecule has 0 saturated heterocycles. The van der Waals surface area contributed by atoms with Crippen molar-refractivity contribution >= 4 is 17.1 Å². The van der Waals surface area contributed by atoms with Gasteiger partial charge in [0.15, 0.2) is 0 Å². The number of hydrogen-bond acceptors (Lipinski definition) is 3. The quantitative estimate of drug-likeness (QED) is 0.713. The number of benzene rings is 1. The molecule has 0 saturated carbocycles. The van der Waals surface area contributed by atoms with E-state index in [2.05, 4.69) is 18.7 Å². The van der Waals surface area contributed by atoms with Crippen LogP contribution in [0.15, 0.2) is 18.2 Å². The van der Waals surface area contributed by atoms with Crippen LogP contribution in [-0.2, 0) is 0 Å². The summed E-state index contributed by atoms with van der Waals surface area (Å²) in [6.07, 6.45) is 4.78. The van der Waals surface area contributed by atoms with Crippen molar-refractivity contribution < 1.29 is 0 Å². The standard InChI is InChI=1S/C14H25N3/c1-3-5-9-17(10-6-4-2)14-11-12(15)7-8-13(14)16/h7-8,11H,3-6,9-10,15-16H2,1-2H3. The summed E-state index contributed by atoms with van der Waals surface area (Å²) in [6, 6.07) is 5.74. The molecule has 0 amide bonds. The van der Waals surface area contributed by atoms with Crippen molar-refractivity contribution in [2.45, 2.75) is 39.5 Å². The number of nitrogen functional groups attached to an aromatic ring is 2. The summed E-state index contributed by atoms with van der Waals surface area (Å²) in [6.45, 7) is 6.54. The Bertz CT molecular complexity index is 328. The molecule has 0 atom stereocenters. The minimum atomic E-state index is 0.784. The Labute approximate surface area is 105 Å². The zero-order valence-electron chi connectivity index (χ0n) is 11.1. The molecule has 0 unspecified atom stereocenters. The number of nitrogens with zero attached hydrogens (tertiary/aromatic N) is 1. The Hall–Kier alpha value is -1.38. The third-order valence-corrected chi connectivity index (χ3v) is 2.96. The average molecular weight is 235 g/mol. The predicted molar refractivity (Wildman–Crippen MR) is 77.3 cm³/mol. The largest absolute Gasteiger partial charge is 0.399 e. The van der Waals surface area contributed by atoms with Gasteiger partial charge in [0.2, 0.25) is 0 Å². The minimum absolute atomic E-state index is 0.784. The molecule has 0 aliphatic rings. The molecule has 1 aromatic rings. The number of hydrogen-bond donors (Lipinski definition) is 2. The highest BCUT2D eigenvalue weighted by Crippen LogP contribution is 2.26. The Morgan fingerprint density at radius 2 is 1.59 bits per heavy atom. The van der Waals surface area contributed by atoms with Crippen LogP contribution >= 0.6 is 0 Å². The van der Waals surface area contributed by atoms with Gasteiger partial charge in [-0.05, 0) is 31.0 Å². The molecule has 0 aromatic heterocycles. The topological polar surface area (TPSA) is 55.3 Å². The molecule has 17 heavy (non-hydrogen) atoms. The lowest BCUT2D eigenvalue weighted by molar-refractivity contribution is 0.679. The van der Waals surface area contributed by atoms with E-state index in [4.69, 9.17) is 11.5 Å². The molecule has 0 fully saturated rings. The first kappa shape index (κ1) is 13.7. The molecule has 0 bridgehead atoms. The van der Waals surface area contributed by atoms with Gasteiger partial charge in [0.1, 0.15) is 0 Å². The van der Waals surface area contributed by atoms with Gasteiger partial charge in [-0.15, -0.1) is 0 Å². The molecule has 0 aliphatic heterocycles. The smallest absolute Gasteiger partial charge is 0.0620 e. The van der Waals surface area contributed by atoms with Crippen molar-refractivity contribution in [3.63, 3.8) is 0 Å². The Balaban J connectivity index is 2.82. The van der Waals surface area contributed by atoms with Crippen molar-refractivity contribution in [1.82, 2.24) is 0 Å². The van der Waals surface area contributed by atoms with Gasteiger partial charge in [0.25, 0.3) is 0 Å². The lowest BCUT2D eigenvalue weighted by Gasteiger charge is -2.26. The molecule has 0 radical (unpaired) electrons. The normalized spacial score (nSPS) is 10.5. The van der Waals surface area contributed by atoms with Gasteiger partial charge >= 0.3 is 0 Å². The molecule has 3 heteroatoms. The number of unbranched alkanes of at least 4 members (excludes halogenated alkanes) is 2. The maximum absolute atomic E-state index is 6.04. The lowest BCUT2D eigenvalue weighted by Crippen LogP contribution is -2.26. The minimum Gasteiger partial charge on any atom is -0.399 e. The van der Waals surface area contributed by atoms with Crippen molar-refractivity contribution in [2.75, 3.05) is 29.5 Å². The van der Waals surface area contributed by atoms with Gasteiger partial charge < -0.3 is 16.4 Å². The summed E-state index contributed by atoms with van der Waals surface area (Å²) in [5.74, 6) is 0. The maximum atomic E-state index is 6.04. The zero-order valence-corrected chi connectivity index (χ0v) is 11.1. The second-order valence-electron chi connectivity index (χ2n) is 4.51. The lowest BCUT2D eigenvalue weighted by atomic mass is 10.2. The van der Waals surface area contributed by atoms with Gasteiger partial charge in [-0.2, -0.15) is 0 Å². The SMILES string of the molecule is CCCCN(CCCC)c1cc(N)ccc1N. The summed E-state index contributed by atoms with van der Waals surface area (Å²) in [7, 11) is 0. The summed E-state index contributed by atoms with van der Waals surface area (Å²) in [5, 5.41) is 0. The highest BCUT2D eigenvalue weighted by molar-refractivity contribution is 5.72. The highest BCUT2D eigenvalue weighted by Gasteiger charge is 2.09. The maximum Gasteiger partial charge on any atom is 0.0620 e. The van der Waals surface area contributed by atoms with Gasteiger partial charge in [-0.25, -0.2) is 0 Å². The predicted octanol–water partition coefficient (Wildman–Crippen LogP) is 3.26. The van der Waals surface area contributed by atoms with Gasteiger partial charge in [-0.1, -0.05) is 26.7 Å². The first-order valence-corrected chi connectivity index (χ1v) is 6.59. The second kappa shape index (κ2) is 7.05. The van der Waals surface area contributed by atoms with E-state index in [0.717, 1.165) is 30.2 Å². The van der Waals surface area contributed by atoms with E-state index < -0.39 is 0 Å². The molecule has 3 nitrogen and oxygen atoms in total. The van der Waals surface area contributed by atoms with Crippen LogP contribution in [0.25, 0.3) is 0 Å². The van der Waals surface area contributed by atoms with Gasteiger partial charge in [0.05, 0.1) is 11.4 Å². The molecule has 0 spiro atoms. The first-order chi connectivity index (χ1) is 8.19. The van der Waals surface area contributed by atoms with E-state index in [-0.39, 0.29) is 0 Å². The zero-order chi connectivity index (χ0) is 12.7. The van der Waals surface area contributed by atoms with Crippen LogP contribution in [0.4, 0.5) is 17.1 Å². The van der Waals surface area contributed by atoms with Gasteiger partial charge in [0, 0.05) is 18.8 Å². The van der Waals surface area contributed by atoms with Crippen LogP contribution in [0.3, 0.4) is 0 Å². The van der Waals surface area contributed by atoms with E-state index in [9.17, 15) is 0 Å². The molecule has 4 N–H and O–H groups in total. The number of rotatable bonds is 7. The van der Waals surface area contributed by atoms with Crippen molar-refractivity contribution in [2.24, 2.45) is 0 Å². The third-order valence-electron chi connectivity index (χ3n) is 2.96. The van der Waals surface area contributed by atoms with Gasteiger partial charge in [-0.3, -0.25) is 0 Å². The Morgan fingerprint density at radius 3 is 2.12 bits per heavy atom. The Morgan fingerprint density at radius 1 is 1.00 bits per heavy atom. The van der Waals surface area contributed by atoms with Crippen LogP contribution in [0.1, 0.15) is 39.5 Å². The second-order valence-corrected chi connectivity index (χ2v) is 4.51. The third kappa shape index (κ3) is 4.17. The van der Waals surface area contributed by atoms with Crippen LogP contribution in [-0.4, -0.2) is 13.1 Å². The van der Waals surface area contributed by atoms with Crippen molar-refractivity contribution in [3.05, 3.63) is 18.2 Å². The summed E-state index contributed by atoms with van der Waals surface area (Å²) in [4.78, 5) is 2.36. The first-order valence-electron chi connectivity index (χ1n) is 6.59. The number of nitrogens with two attached hydrogens (primary N) is 2. The van der Waals surface area contributed by atoms with Crippen LogP contribution in [0.5, 0.6) is 0 Å². The summed E-state index contributed by atoms with van der Waals surface area (Å²) in [5.41, 5.74) is 14.6.